The molecule has 0 aromatic heterocycles. The van der Waals surface area contributed by atoms with Gasteiger partial charge >= 0.3 is 0 Å². The van der Waals surface area contributed by atoms with E-state index in [1.54, 1.807) is 0 Å². The molecule has 2 rings (SSSR count). The lowest BCUT2D eigenvalue weighted by atomic mass is 10.2. The highest BCUT2D eigenvalue weighted by Gasteiger charge is 2.06. The number of nitrogens with zero attached hydrogens (tertiary/aromatic N) is 1. The van der Waals surface area contributed by atoms with Crippen LogP contribution in [-0.4, -0.2) is 10.2 Å². The number of hydrogen-bond donors (Lipinski definition) is 2. The predicted octanol–water partition coefficient (Wildman–Crippen LogP) is 7.64. The summed E-state index contributed by atoms with van der Waals surface area (Å²) in [5.74, 6) is 0. The van der Waals surface area contributed by atoms with E-state index in [1.807, 2.05) is 79.7 Å². The number of halogens is 1. The van der Waals surface area contributed by atoms with Gasteiger partial charge in [-0.25, -0.2) is 0 Å². The fraction of sp³-hybridized carbons (Fsp3) is 0.381. The van der Waals surface area contributed by atoms with Crippen molar-refractivity contribution in [2.24, 2.45) is 0 Å². The van der Waals surface area contributed by atoms with E-state index in [9.17, 15) is 14.9 Å². The molecule has 2 aromatic rings. The summed E-state index contributed by atoms with van der Waals surface area (Å²) in [6.45, 7) is 16.0. The monoisotopic (exact) mass is 430 g/mol. The third-order valence-corrected chi connectivity index (χ3v) is 2.87. The van der Waals surface area contributed by atoms with Crippen LogP contribution in [0.15, 0.2) is 53.4 Å². The predicted molar refractivity (Wildman–Crippen MR) is 127 cm³/mol. The molecular formula is C21H35ClN2O3S. The molecule has 0 spiro atoms. The van der Waals surface area contributed by atoms with E-state index >= 15 is 0 Å². The van der Waals surface area contributed by atoms with Crippen molar-refractivity contribution in [2.45, 2.75) is 60.3 Å². The van der Waals surface area contributed by atoms with Gasteiger partial charge in [0.05, 0.1) is 4.92 Å². The number of hydrogen-bond acceptors (Lipinski definition) is 5. The van der Waals surface area contributed by atoms with Crippen LogP contribution in [0.5, 0.6) is 0 Å². The van der Waals surface area contributed by atoms with Crippen LogP contribution < -0.4 is 5.73 Å². The smallest absolute Gasteiger partial charge is 0.269 e. The number of carbonyl (C=O) groups excluding carboxylic acids is 1. The molecule has 2 aromatic carbocycles. The summed E-state index contributed by atoms with van der Waals surface area (Å²) in [7, 11) is 0. The van der Waals surface area contributed by atoms with E-state index in [2.05, 4.69) is 12.6 Å². The first-order valence-corrected chi connectivity index (χ1v) is 10.2. The lowest BCUT2D eigenvalue weighted by Gasteiger charge is -1.92. The maximum Gasteiger partial charge on any atom is 0.269 e. The molecule has 0 atom stereocenters. The van der Waals surface area contributed by atoms with Gasteiger partial charge in [0, 0.05) is 28.3 Å². The Morgan fingerprint density at radius 3 is 1.54 bits per heavy atom. The zero-order chi connectivity index (χ0) is 23.1. The van der Waals surface area contributed by atoms with Crippen LogP contribution in [0.1, 0.15) is 65.7 Å². The van der Waals surface area contributed by atoms with Crippen molar-refractivity contribution in [1.29, 1.82) is 0 Å². The summed E-state index contributed by atoms with van der Waals surface area (Å²) < 4.78 is 0. The molecule has 0 amide bonds. The number of carbonyl (C=O) groups is 1. The second-order valence-electron chi connectivity index (χ2n) is 3.64. The Labute approximate surface area is 180 Å². The molecule has 0 bridgehead atoms. The molecule has 0 fully saturated rings. The van der Waals surface area contributed by atoms with Crippen LogP contribution in [0.25, 0.3) is 0 Å². The quantitative estimate of drug-likeness (QED) is 0.168. The number of rotatable bonds is 2. The van der Waals surface area contributed by atoms with Gasteiger partial charge in [-0.1, -0.05) is 67.5 Å². The number of nitrogen functional groups attached to an aromatic ring is 1. The maximum atomic E-state index is 10.5. The van der Waals surface area contributed by atoms with Crippen LogP contribution in [0, 0.1) is 10.1 Å². The minimum absolute atomic E-state index is 0.0586. The first-order valence-electron chi connectivity index (χ1n) is 9.39. The van der Waals surface area contributed by atoms with Crippen molar-refractivity contribution in [3.63, 3.8) is 0 Å². The fourth-order valence-corrected chi connectivity index (χ4v) is 1.49. The molecule has 0 radical (unpaired) electrons. The van der Waals surface area contributed by atoms with Crippen molar-refractivity contribution >= 4 is 40.8 Å². The molecule has 7 heteroatoms. The number of nitro benzene ring substituents is 1. The lowest BCUT2D eigenvalue weighted by molar-refractivity contribution is -0.384. The lowest BCUT2D eigenvalue weighted by Crippen LogP contribution is -1.90. The summed E-state index contributed by atoms with van der Waals surface area (Å²) in [5, 5.41) is 9.55. The minimum Gasteiger partial charge on any atom is -0.398 e. The largest absolute Gasteiger partial charge is 0.398 e. The molecule has 28 heavy (non-hydrogen) atoms. The zero-order valence-corrected chi connectivity index (χ0v) is 19.8. The summed E-state index contributed by atoms with van der Waals surface area (Å²) >= 11 is 9.20. The van der Waals surface area contributed by atoms with Gasteiger partial charge in [-0.05, 0) is 35.9 Å². The Morgan fingerprint density at radius 2 is 1.29 bits per heavy atom. The van der Waals surface area contributed by atoms with Crippen LogP contribution in [0.4, 0.5) is 11.4 Å². The SMILES string of the molecule is CC.CC.CC.CC.Nc1ccccc1S.O=C(Cl)c1ccc([N+](=O)[O-])cc1. The molecule has 0 heterocycles. The van der Waals surface area contributed by atoms with Gasteiger partial charge in [0.15, 0.2) is 0 Å². The standard InChI is InChI=1S/C7H4ClNO3.C6H7NS.4C2H6/c8-7(10)5-1-3-6(4-2-5)9(11)12;7-5-3-1-2-4-6(5)8;4*1-2/h1-4H;1-4,8H,7H2;4*1-2H3. The number of anilines is 1. The Balaban J connectivity index is -0.000000156. The van der Waals surface area contributed by atoms with Crippen molar-refractivity contribution in [1.82, 2.24) is 0 Å². The molecule has 0 unspecified atom stereocenters. The van der Waals surface area contributed by atoms with Crippen LogP contribution >= 0.6 is 24.2 Å². The van der Waals surface area contributed by atoms with Crippen LogP contribution in [0.3, 0.4) is 0 Å². The molecule has 5 nitrogen and oxygen atoms in total. The van der Waals surface area contributed by atoms with Gasteiger partial charge in [0.25, 0.3) is 10.9 Å². The number of thiol groups is 1. The topological polar surface area (TPSA) is 86.2 Å². The average Bonchev–Trinajstić information content (AvgIpc) is 2.76. The second-order valence-corrected chi connectivity index (χ2v) is 4.46. The number of nitrogens with two attached hydrogens (primary N) is 1. The summed E-state index contributed by atoms with van der Waals surface area (Å²) in [6.07, 6.45) is 0. The van der Waals surface area contributed by atoms with E-state index in [4.69, 9.17) is 17.3 Å². The molecule has 0 saturated carbocycles. The molecule has 0 aliphatic rings. The van der Waals surface area contributed by atoms with Crippen LogP contribution in [0.2, 0.25) is 0 Å². The Kier molecular flexibility index (Phi) is 29.9. The highest BCUT2D eigenvalue weighted by atomic mass is 35.5. The molecule has 0 saturated heterocycles. The van der Waals surface area contributed by atoms with E-state index in [0.717, 1.165) is 10.6 Å². The van der Waals surface area contributed by atoms with Crippen molar-refractivity contribution in [3.05, 3.63) is 64.2 Å². The Bertz CT molecular complexity index is 567. The van der Waals surface area contributed by atoms with E-state index in [-0.39, 0.29) is 11.3 Å². The average molecular weight is 431 g/mol. The summed E-state index contributed by atoms with van der Waals surface area (Å²) in [4.78, 5) is 21.0. The third-order valence-electron chi connectivity index (χ3n) is 2.24. The molecule has 0 aliphatic carbocycles. The van der Waals surface area contributed by atoms with Crippen LogP contribution in [-0.2, 0) is 0 Å². The highest BCUT2D eigenvalue weighted by molar-refractivity contribution is 7.80. The van der Waals surface area contributed by atoms with Gasteiger partial charge < -0.3 is 5.73 Å². The molecule has 0 aliphatic heterocycles. The number of para-hydroxylation sites is 1. The number of non-ortho nitro benzene ring substituents is 1. The third kappa shape index (κ3) is 17.4. The summed E-state index contributed by atoms with van der Waals surface area (Å²) in [6, 6.07) is 12.6. The zero-order valence-electron chi connectivity index (χ0n) is 18.2. The van der Waals surface area contributed by atoms with Crippen molar-refractivity contribution in [3.8, 4) is 0 Å². The van der Waals surface area contributed by atoms with E-state index in [1.165, 1.54) is 24.3 Å². The first-order chi connectivity index (χ1) is 13.4. The minimum atomic E-state index is -0.620. The number of nitro groups is 1. The second kappa shape index (κ2) is 24.9. The number of benzene rings is 2. The normalized spacial score (nSPS) is 7.50. The van der Waals surface area contributed by atoms with Crippen molar-refractivity contribution in [2.75, 3.05) is 5.73 Å². The highest BCUT2D eigenvalue weighted by Crippen LogP contribution is 2.13. The molecular weight excluding hydrogens is 396 g/mol. The van der Waals surface area contributed by atoms with Gasteiger partial charge in [-0.15, -0.1) is 12.6 Å². The van der Waals surface area contributed by atoms with E-state index < -0.39 is 10.2 Å². The Morgan fingerprint density at radius 1 is 0.893 bits per heavy atom. The van der Waals surface area contributed by atoms with Crippen molar-refractivity contribution < 1.29 is 9.72 Å². The van der Waals surface area contributed by atoms with Gasteiger partial charge in [0.2, 0.25) is 0 Å². The van der Waals surface area contributed by atoms with Gasteiger partial charge in [0.1, 0.15) is 0 Å². The maximum absolute atomic E-state index is 10.5. The summed E-state index contributed by atoms with van der Waals surface area (Å²) in [5.41, 5.74) is 6.37. The Hall–Kier alpha value is -2.05. The van der Waals surface area contributed by atoms with Gasteiger partial charge in [-0.3, -0.25) is 14.9 Å². The fourth-order valence-electron chi connectivity index (χ4n) is 1.20. The molecule has 160 valence electrons. The van der Waals surface area contributed by atoms with E-state index in [0.29, 0.717) is 0 Å². The first kappa shape index (κ1) is 33.5. The van der Waals surface area contributed by atoms with Gasteiger partial charge in [-0.2, -0.15) is 0 Å². The molecule has 2 N–H and O–H groups in total.